The Morgan fingerprint density at radius 2 is 1.77 bits per heavy atom. The Labute approximate surface area is 129 Å². The van der Waals surface area contributed by atoms with Crippen LogP contribution < -0.4 is 0 Å². The summed E-state index contributed by atoms with van der Waals surface area (Å²) in [5, 5.41) is 17.5. The first-order valence-corrected chi connectivity index (χ1v) is 7.14. The molecule has 0 aliphatic rings. The quantitative estimate of drug-likeness (QED) is 0.741. The van der Waals surface area contributed by atoms with Crippen LogP contribution >= 0.6 is 0 Å². The molecular weight excluding hydrogens is 272 g/mol. The van der Waals surface area contributed by atoms with Crippen LogP contribution in [0.3, 0.4) is 0 Å². The van der Waals surface area contributed by atoms with Crippen LogP contribution in [0, 0.1) is 25.2 Å². The van der Waals surface area contributed by atoms with Gasteiger partial charge >= 0.3 is 0 Å². The zero-order valence-electron chi connectivity index (χ0n) is 12.6. The highest BCUT2D eigenvalue weighted by molar-refractivity contribution is 5.65. The van der Waals surface area contributed by atoms with E-state index in [1.807, 2.05) is 43.3 Å². The lowest BCUT2D eigenvalue weighted by Gasteiger charge is -2.09. The Morgan fingerprint density at radius 3 is 2.45 bits per heavy atom. The molecular formula is C18H16N4. The molecule has 4 nitrogen and oxygen atoms in total. The maximum atomic E-state index is 9.30. The van der Waals surface area contributed by atoms with E-state index in [1.54, 1.807) is 4.68 Å². The predicted molar refractivity (Wildman–Crippen MR) is 85.2 cm³/mol. The van der Waals surface area contributed by atoms with E-state index in [-0.39, 0.29) is 0 Å². The molecule has 1 aromatic heterocycles. The van der Waals surface area contributed by atoms with Gasteiger partial charge in [-0.25, -0.2) is 4.68 Å². The summed E-state index contributed by atoms with van der Waals surface area (Å²) >= 11 is 0. The van der Waals surface area contributed by atoms with Gasteiger partial charge in [-0.3, -0.25) is 0 Å². The highest BCUT2D eigenvalue weighted by Crippen LogP contribution is 2.23. The third kappa shape index (κ3) is 2.61. The fourth-order valence-electron chi connectivity index (χ4n) is 2.45. The number of aromatic nitrogens is 3. The van der Waals surface area contributed by atoms with E-state index in [1.165, 1.54) is 16.7 Å². The molecule has 0 fully saturated rings. The third-order valence-corrected chi connectivity index (χ3v) is 3.75. The SMILES string of the molecule is Cc1ccc(-c2c(C#N)nnn2Cc2ccccc2C)cc1. The van der Waals surface area contributed by atoms with Crippen LogP contribution in [0.1, 0.15) is 22.4 Å². The maximum absolute atomic E-state index is 9.30. The first-order valence-electron chi connectivity index (χ1n) is 7.14. The Kier molecular flexibility index (Phi) is 3.71. The van der Waals surface area contributed by atoms with E-state index in [0.717, 1.165) is 11.3 Å². The van der Waals surface area contributed by atoms with Crippen LogP contribution in [0.4, 0.5) is 0 Å². The molecule has 0 aliphatic carbocycles. The largest absolute Gasteiger partial charge is 0.239 e. The van der Waals surface area contributed by atoms with Crippen LogP contribution in [-0.4, -0.2) is 15.0 Å². The summed E-state index contributed by atoms with van der Waals surface area (Å²) < 4.78 is 1.80. The molecule has 2 aromatic carbocycles. The summed E-state index contributed by atoms with van der Waals surface area (Å²) in [5.74, 6) is 0. The molecule has 0 saturated carbocycles. The molecule has 3 rings (SSSR count). The number of nitrogens with zero attached hydrogens (tertiary/aromatic N) is 4. The standard InChI is InChI=1S/C18H16N4/c1-13-7-9-15(10-8-13)18-17(11-19)20-21-22(18)12-16-6-4-3-5-14(16)2/h3-10H,12H2,1-2H3. The average Bonchev–Trinajstić information content (AvgIpc) is 2.93. The van der Waals surface area contributed by atoms with Crippen molar-refractivity contribution >= 4 is 0 Å². The number of hydrogen-bond acceptors (Lipinski definition) is 3. The van der Waals surface area contributed by atoms with Crippen molar-refractivity contribution in [2.75, 3.05) is 0 Å². The molecule has 0 bridgehead atoms. The van der Waals surface area contributed by atoms with Gasteiger partial charge in [0.1, 0.15) is 11.8 Å². The van der Waals surface area contributed by atoms with Crippen molar-refractivity contribution in [3.8, 4) is 17.3 Å². The lowest BCUT2D eigenvalue weighted by molar-refractivity contribution is 0.653. The average molecular weight is 288 g/mol. The van der Waals surface area contributed by atoms with Gasteiger partial charge in [0.15, 0.2) is 5.69 Å². The van der Waals surface area contributed by atoms with Gasteiger partial charge in [0.2, 0.25) is 0 Å². The van der Waals surface area contributed by atoms with Crippen molar-refractivity contribution in [1.29, 1.82) is 5.26 Å². The monoisotopic (exact) mass is 288 g/mol. The van der Waals surface area contributed by atoms with Crippen molar-refractivity contribution in [2.45, 2.75) is 20.4 Å². The maximum Gasteiger partial charge on any atom is 0.190 e. The summed E-state index contributed by atoms with van der Waals surface area (Å²) in [7, 11) is 0. The van der Waals surface area contributed by atoms with Crippen molar-refractivity contribution in [3.05, 3.63) is 70.9 Å². The predicted octanol–water partition coefficient (Wildman–Crippen LogP) is 3.48. The zero-order valence-corrected chi connectivity index (χ0v) is 12.6. The van der Waals surface area contributed by atoms with Gasteiger partial charge in [-0.1, -0.05) is 59.3 Å². The topological polar surface area (TPSA) is 54.5 Å². The zero-order chi connectivity index (χ0) is 15.5. The van der Waals surface area contributed by atoms with Crippen LogP contribution in [-0.2, 0) is 6.54 Å². The molecule has 22 heavy (non-hydrogen) atoms. The van der Waals surface area contributed by atoms with Crippen molar-refractivity contribution in [3.63, 3.8) is 0 Å². The molecule has 0 N–H and O–H groups in total. The minimum Gasteiger partial charge on any atom is -0.239 e. The van der Waals surface area contributed by atoms with Crippen LogP contribution in [0.2, 0.25) is 0 Å². The number of rotatable bonds is 3. The van der Waals surface area contributed by atoms with Gasteiger partial charge in [-0.05, 0) is 25.0 Å². The summed E-state index contributed by atoms with van der Waals surface area (Å²) in [5.41, 5.74) is 5.64. The van der Waals surface area contributed by atoms with Crippen LogP contribution in [0.5, 0.6) is 0 Å². The normalized spacial score (nSPS) is 10.4. The van der Waals surface area contributed by atoms with Gasteiger partial charge < -0.3 is 0 Å². The fourth-order valence-corrected chi connectivity index (χ4v) is 2.45. The molecule has 0 amide bonds. The Bertz CT molecular complexity index is 838. The molecule has 0 radical (unpaired) electrons. The number of hydrogen-bond donors (Lipinski definition) is 0. The summed E-state index contributed by atoms with van der Waals surface area (Å²) in [4.78, 5) is 0. The minimum absolute atomic E-state index is 0.359. The van der Waals surface area contributed by atoms with Gasteiger partial charge in [0, 0.05) is 5.56 Å². The molecule has 108 valence electrons. The summed E-state index contributed by atoms with van der Waals surface area (Å²) in [6.07, 6.45) is 0. The van der Waals surface area contributed by atoms with Gasteiger partial charge in [-0.2, -0.15) is 5.26 Å². The second-order valence-electron chi connectivity index (χ2n) is 5.35. The van der Waals surface area contributed by atoms with Gasteiger partial charge in [0.05, 0.1) is 6.54 Å². The summed E-state index contributed by atoms with van der Waals surface area (Å²) in [6.45, 7) is 4.71. The Balaban J connectivity index is 2.06. The molecule has 4 heteroatoms. The third-order valence-electron chi connectivity index (χ3n) is 3.75. The Hall–Kier alpha value is -2.93. The van der Waals surface area contributed by atoms with E-state index < -0.39 is 0 Å². The second-order valence-corrected chi connectivity index (χ2v) is 5.35. The first-order chi connectivity index (χ1) is 10.7. The lowest BCUT2D eigenvalue weighted by Crippen LogP contribution is -2.05. The van der Waals surface area contributed by atoms with Crippen molar-refractivity contribution in [2.24, 2.45) is 0 Å². The minimum atomic E-state index is 0.359. The van der Waals surface area contributed by atoms with E-state index in [9.17, 15) is 5.26 Å². The molecule has 0 unspecified atom stereocenters. The van der Waals surface area contributed by atoms with Crippen LogP contribution in [0.15, 0.2) is 48.5 Å². The van der Waals surface area contributed by atoms with E-state index in [4.69, 9.17) is 0 Å². The number of aryl methyl sites for hydroxylation is 2. The molecule has 0 aliphatic heterocycles. The van der Waals surface area contributed by atoms with E-state index >= 15 is 0 Å². The van der Waals surface area contributed by atoms with Gasteiger partial charge in [-0.15, -0.1) is 5.10 Å². The van der Waals surface area contributed by atoms with Crippen molar-refractivity contribution < 1.29 is 0 Å². The molecule has 0 atom stereocenters. The fraction of sp³-hybridized carbons (Fsp3) is 0.167. The second kappa shape index (κ2) is 5.82. The Morgan fingerprint density at radius 1 is 1.05 bits per heavy atom. The molecule has 3 aromatic rings. The van der Waals surface area contributed by atoms with Gasteiger partial charge in [0.25, 0.3) is 0 Å². The smallest absolute Gasteiger partial charge is 0.190 e. The highest BCUT2D eigenvalue weighted by atomic mass is 15.4. The number of benzene rings is 2. The molecule has 1 heterocycles. The van der Waals surface area contributed by atoms with E-state index in [2.05, 4.69) is 35.4 Å². The van der Waals surface area contributed by atoms with Crippen molar-refractivity contribution in [1.82, 2.24) is 15.0 Å². The summed E-state index contributed by atoms with van der Waals surface area (Å²) in [6, 6.07) is 18.4. The molecule has 0 saturated heterocycles. The molecule has 0 spiro atoms. The first kappa shape index (κ1) is 14.0. The van der Waals surface area contributed by atoms with E-state index in [0.29, 0.717) is 12.2 Å². The number of nitriles is 1. The highest BCUT2D eigenvalue weighted by Gasteiger charge is 2.15. The lowest BCUT2D eigenvalue weighted by atomic mass is 10.1. The van der Waals surface area contributed by atoms with Crippen LogP contribution in [0.25, 0.3) is 11.3 Å².